The zero-order chi connectivity index (χ0) is 15.2. The molecule has 0 saturated carbocycles. The Hall–Kier alpha value is -1.85. The summed E-state index contributed by atoms with van der Waals surface area (Å²) in [6, 6.07) is 7.28. The Bertz CT molecular complexity index is 625. The number of benzene rings is 1. The zero-order valence-corrected chi connectivity index (χ0v) is 12.6. The van der Waals surface area contributed by atoms with Gasteiger partial charge in [0.1, 0.15) is 5.82 Å². The molecule has 0 bridgehead atoms. The Kier molecular flexibility index (Phi) is 5.36. The number of nitrogens with zero attached hydrogens (tertiary/aromatic N) is 2. The first-order valence-electron chi connectivity index (χ1n) is 6.84. The first kappa shape index (κ1) is 15.5. The summed E-state index contributed by atoms with van der Waals surface area (Å²) in [5, 5.41) is 4.69. The molecule has 0 fully saturated rings. The molecule has 2 N–H and O–H groups in total. The number of carbonyl (C=O) groups excluding carboxylic acids is 1. The lowest BCUT2D eigenvalue weighted by molar-refractivity contribution is 0.0856. The molecule has 0 aliphatic heterocycles. The summed E-state index contributed by atoms with van der Waals surface area (Å²) in [4.78, 5) is 12.1. The lowest BCUT2D eigenvalue weighted by Gasteiger charge is -2.05. The Morgan fingerprint density at radius 1 is 1.48 bits per heavy atom. The van der Waals surface area contributed by atoms with Gasteiger partial charge in [-0.15, -0.1) is 0 Å². The number of anilines is 1. The minimum absolute atomic E-state index is 0.138. The van der Waals surface area contributed by atoms with Crippen molar-refractivity contribution < 1.29 is 9.53 Å². The van der Waals surface area contributed by atoms with Crippen molar-refractivity contribution in [1.29, 1.82) is 0 Å². The van der Waals surface area contributed by atoms with E-state index < -0.39 is 0 Å². The standard InChI is InChI=1S/C15H18ClN3O2/c1-2-21-8-4-7-14(20)19-15(17)13(10-18-19)11-5-3-6-12(16)9-11/h3,5-6,9-10H,2,4,7-8,17H2,1H3. The van der Waals surface area contributed by atoms with Crippen LogP contribution in [0.4, 0.5) is 5.82 Å². The highest BCUT2D eigenvalue weighted by Crippen LogP contribution is 2.27. The molecular weight excluding hydrogens is 290 g/mol. The number of carbonyl (C=O) groups is 1. The van der Waals surface area contributed by atoms with Crippen LogP contribution in [0.25, 0.3) is 11.1 Å². The van der Waals surface area contributed by atoms with Crippen molar-refractivity contribution >= 4 is 23.3 Å². The second kappa shape index (κ2) is 7.24. The fraction of sp³-hybridized carbons (Fsp3) is 0.333. The van der Waals surface area contributed by atoms with Crippen LogP contribution in [0.2, 0.25) is 5.02 Å². The van der Waals surface area contributed by atoms with E-state index in [1.54, 1.807) is 18.3 Å². The molecule has 1 aromatic carbocycles. The number of ether oxygens (including phenoxy) is 1. The molecule has 6 heteroatoms. The van der Waals surface area contributed by atoms with Crippen LogP contribution in [-0.2, 0) is 4.74 Å². The van der Waals surface area contributed by atoms with Gasteiger partial charge in [-0.3, -0.25) is 4.79 Å². The summed E-state index contributed by atoms with van der Waals surface area (Å²) >= 11 is 5.97. The van der Waals surface area contributed by atoms with Gasteiger partial charge in [0.25, 0.3) is 0 Å². The minimum Gasteiger partial charge on any atom is -0.383 e. The molecule has 2 rings (SSSR count). The first-order valence-corrected chi connectivity index (χ1v) is 7.21. The highest BCUT2D eigenvalue weighted by atomic mass is 35.5. The quantitative estimate of drug-likeness (QED) is 0.832. The maximum Gasteiger partial charge on any atom is 0.248 e. The van der Waals surface area contributed by atoms with Crippen molar-refractivity contribution in [3.63, 3.8) is 0 Å². The van der Waals surface area contributed by atoms with Crippen molar-refractivity contribution in [2.24, 2.45) is 0 Å². The number of aromatic nitrogens is 2. The molecule has 0 aliphatic rings. The fourth-order valence-corrected chi connectivity index (χ4v) is 2.20. The maximum atomic E-state index is 12.1. The van der Waals surface area contributed by atoms with Crippen molar-refractivity contribution in [3.8, 4) is 11.1 Å². The van der Waals surface area contributed by atoms with Gasteiger partial charge < -0.3 is 10.5 Å². The smallest absolute Gasteiger partial charge is 0.248 e. The molecule has 0 saturated heterocycles. The Balaban J connectivity index is 2.11. The molecule has 0 spiro atoms. The van der Waals surface area contributed by atoms with Crippen LogP contribution in [0.15, 0.2) is 30.5 Å². The highest BCUT2D eigenvalue weighted by molar-refractivity contribution is 6.30. The van der Waals surface area contributed by atoms with Crippen molar-refractivity contribution in [1.82, 2.24) is 9.78 Å². The van der Waals surface area contributed by atoms with E-state index in [1.165, 1.54) is 4.68 Å². The lowest BCUT2D eigenvalue weighted by atomic mass is 10.1. The topological polar surface area (TPSA) is 70.1 Å². The van der Waals surface area contributed by atoms with E-state index in [4.69, 9.17) is 22.1 Å². The summed E-state index contributed by atoms with van der Waals surface area (Å²) in [5.41, 5.74) is 7.57. The summed E-state index contributed by atoms with van der Waals surface area (Å²) in [6.07, 6.45) is 2.58. The zero-order valence-electron chi connectivity index (χ0n) is 11.9. The van der Waals surface area contributed by atoms with Crippen LogP contribution >= 0.6 is 11.6 Å². The molecule has 0 atom stereocenters. The molecular formula is C15H18ClN3O2. The minimum atomic E-state index is -0.138. The van der Waals surface area contributed by atoms with Gasteiger partial charge in [-0.05, 0) is 31.0 Å². The van der Waals surface area contributed by atoms with E-state index in [1.807, 2.05) is 19.1 Å². The van der Waals surface area contributed by atoms with Crippen molar-refractivity contribution in [2.45, 2.75) is 19.8 Å². The van der Waals surface area contributed by atoms with Crippen LogP contribution in [0.3, 0.4) is 0 Å². The number of hydrogen-bond acceptors (Lipinski definition) is 4. The number of nitrogen functional groups attached to an aromatic ring is 1. The second-order valence-electron chi connectivity index (χ2n) is 4.56. The number of hydrogen-bond donors (Lipinski definition) is 1. The van der Waals surface area contributed by atoms with Crippen molar-refractivity contribution in [2.75, 3.05) is 18.9 Å². The van der Waals surface area contributed by atoms with Gasteiger partial charge in [0.2, 0.25) is 5.91 Å². The molecule has 21 heavy (non-hydrogen) atoms. The molecule has 2 aromatic rings. The van der Waals surface area contributed by atoms with E-state index >= 15 is 0 Å². The van der Waals surface area contributed by atoms with E-state index in [-0.39, 0.29) is 5.91 Å². The third-order valence-electron chi connectivity index (χ3n) is 3.06. The molecule has 1 aromatic heterocycles. The average molecular weight is 308 g/mol. The number of halogens is 1. The Labute approximate surface area is 128 Å². The summed E-state index contributed by atoms with van der Waals surface area (Å²) in [7, 11) is 0. The number of nitrogens with two attached hydrogens (primary N) is 1. The Morgan fingerprint density at radius 2 is 2.29 bits per heavy atom. The van der Waals surface area contributed by atoms with Crippen molar-refractivity contribution in [3.05, 3.63) is 35.5 Å². The lowest BCUT2D eigenvalue weighted by Crippen LogP contribution is -2.15. The molecule has 5 nitrogen and oxygen atoms in total. The van der Waals surface area contributed by atoms with Crippen LogP contribution < -0.4 is 5.73 Å². The summed E-state index contributed by atoms with van der Waals surface area (Å²) in [5.74, 6) is 0.194. The highest BCUT2D eigenvalue weighted by Gasteiger charge is 2.14. The molecule has 0 radical (unpaired) electrons. The van der Waals surface area contributed by atoms with E-state index in [0.717, 1.165) is 5.56 Å². The van der Waals surface area contributed by atoms with Gasteiger partial charge in [-0.25, -0.2) is 0 Å². The summed E-state index contributed by atoms with van der Waals surface area (Å²) in [6.45, 7) is 3.13. The molecule has 0 amide bonds. The fourth-order valence-electron chi connectivity index (χ4n) is 2.01. The largest absolute Gasteiger partial charge is 0.383 e. The predicted octanol–water partition coefficient (Wildman–Crippen LogP) is 3.24. The number of rotatable bonds is 6. The van der Waals surface area contributed by atoms with Gasteiger partial charge >= 0.3 is 0 Å². The van der Waals surface area contributed by atoms with Gasteiger partial charge in [-0.2, -0.15) is 9.78 Å². The molecule has 1 heterocycles. The van der Waals surface area contributed by atoms with Gasteiger partial charge in [0, 0.05) is 30.2 Å². The molecule has 0 unspecified atom stereocenters. The Morgan fingerprint density at radius 3 is 3.00 bits per heavy atom. The first-order chi connectivity index (χ1) is 10.1. The van der Waals surface area contributed by atoms with Gasteiger partial charge in [0.05, 0.1) is 6.20 Å². The third kappa shape index (κ3) is 3.83. The molecule has 0 aliphatic carbocycles. The monoisotopic (exact) mass is 307 g/mol. The van der Waals surface area contributed by atoms with Crippen LogP contribution in [0.1, 0.15) is 24.6 Å². The van der Waals surface area contributed by atoms with Crippen LogP contribution in [0.5, 0.6) is 0 Å². The SMILES string of the molecule is CCOCCCC(=O)n1ncc(-c2cccc(Cl)c2)c1N. The van der Waals surface area contributed by atoms with Crippen LogP contribution in [0, 0.1) is 0 Å². The summed E-state index contributed by atoms with van der Waals surface area (Å²) < 4.78 is 6.45. The van der Waals surface area contributed by atoms with Crippen LogP contribution in [-0.4, -0.2) is 28.9 Å². The average Bonchev–Trinajstić information content (AvgIpc) is 2.85. The normalized spacial score (nSPS) is 10.8. The second-order valence-corrected chi connectivity index (χ2v) is 5.00. The van der Waals surface area contributed by atoms with E-state index in [0.29, 0.717) is 42.5 Å². The third-order valence-corrected chi connectivity index (χ3v) is 3.30. The van der Waals surface area contributed by atoms with E-state index in [9.17, 15) is 4.79 Å². The molecule has 112 valence electrons. The van der Waals surface area contributed by atoms with E-state index in [2.05, 4.69) is 5.10 Å². The predicted molar refractivity (Wildman–Crippen MR) is 83.4 cm³/mol. The maximum absolute atomic E-state index is 12.1. The van der Waals surface area contributed by atoms with Gasteiger partial charge in [0.15, 0.2) is 0 Å². The van der Waals surface area contributed by atoms with Gasteiger partial charge in [-0.1, -0.05) is 23.7 Å².